The molecule has 0 aliphatic carbocycles. The summed E-state index contributed by atoms with van der Waals surface area (Å²) < 4.78 is 4.81. The summed E-state index contributed by atoms with van der Waals surface area (Å²) in [5.41, 5.74) is 0. The average molecular weight is 217 g/mol. The van der Waals surface area contributed by atoms with Crippen LogP contribution in [0, 0.1) is 0 Å². The molecule has 1 unspecified atom stereocenters. The molecule has 0 heterocycles. The molecular weight excluding hydrogens is 198 g/mol. The van der Waals surface area contributed by atoms with Gasteiger partial charge in [-0.05, 0) is 13.3 Å². The highest BCUT2D eigenvalue weighted by Crippen LogP contribution is 2.10. The van der Waals surface area contributed by atoms with E-state index in [4.69, 9.17) is 9.84 Å². The van der Waals surface area contributed by atoms with Gasteiger partial charge < -0.3 is 14.7 Å². The van der Waals surface area contributed by atoms with Crippen molar-refractivity contribution in [3.63, 3.8) is 0 Å². The van der Waals surface area contributed by atoms with Gasteiger partial charge >= 0.3 is 12.1 Å². The summed E-state index contributed by atoms with van der Waals surface area (Å²) in [6.07, 6.45) is 1.00. The zero-order valence-corrected chi connectivity index (χ0v) is 9.52. The van der Waals surface area contributed by atoms with Crippen molar-refractivity contribution in [1.82, 2.24) is 4.90 Å². The van der Waals surface area contributed by atoms with Gasteiger partial charge in [0.2, 0.25) is 0 Å². The summed E-state index contributed by atoms with van der Waals surface area (Å²) in [5, 5.41) is 8.69. The predicted molar refractivity (Wildman–Crippen MR) is 55.7 cm³/mol. The van der Waals surface area contributed by atoms with Crippen molar-refractivity contribution in [1.29, 1.82) is 0 Å². The van der Waals surface area contributed by atoms with Gasteiger partial charge in [-0.1, -0.05) is 13.3 Å². The van der Waals surface area contributed by atoms with Crippen LogP contribution < -0.4 is 0 Å². The van der Waals surface area contributed by atoms with Crippen molar-refractivity contribution in [3.8, 4) is 0 Å². The molecule has 0 spiro atoms. The molecule has 0 bridgehead atoms. The Hall–Kier alpha value is -1.26. The van der Waals surface area contributed by atoms with Crippen LogP contribution in [0.25, 0.3) is 0 Å². The van der Waals surface area contributed by atoms with E-state index in [0.29, 0.717) is 13.0 Å². The van der Waals surface area contributed by atoms with Gasteiger partial charge in [-0.15, -0.1) is 0 Å². The second-order valence-corrected chi connectivity index (χ2v) is 3.35. The van der Waals surface area contributed by atoms with Gasteiger partial charge in [0.05, 0.1) is 13.0 Å². The van der Waals surface area contributed by atoms with E-state index in [0.717, 1.165) is 6.42 Å². The van der Waals surface area contributed by atoms with Gasteiger partial charge in [0, 0.05) is 13.1 Å². The van der Waals surface area contributed by atoms with Crippen molar-refractivity contribution in [2.45, 2.75) is 39.2 Å². The summed E-state index contributed by atoms with van der Waals surface area (Å²) in [6.45, 7) is 3.97. The Bertz CT molecular complexity index is 217. The second kappa shape index (κ2) is 7.09. The number of amides is 1. The minimum absolute atomic E-state index is 0.0385. The molecule has 1 atom stereocenters. The number of carboxylic acids is 1. The molecule has 88 valence electrons. The lowest BCUT2D eigenvalue weighted by Gasteiger charge is -2.25. The molecule has 0 aliphatic rings. The van der Waals surface area contributed by atoms with E-state index >= 15 is 0 Å². The lowest BCUT2D eigenvalue weighted by molar-refractivity contribution is -0.138. The number of carbonyl (C=O) groups excluding carboxylic acids is 1. The first-order valence-electron chi connectivity index (χ1n) is 5.14. The largest absolute Gasteiger partial charge is 0.481 e. The highest BCUT2D eigenvalue weighted by molar-refractivity contribution is 5.71. The number of hydrogen-bond donors (Lipinski definition) is 1. The molecule has 15 heavy (non-hydrogen) atoms. The summed E-state index contributed by atoms with van der Waals surface area (Å²) in [7, 11) is 1.57. The van der Waals surface area contributed by atoms with E-state index in [-0.39, 0.29) is 12.5 Å². The molecule has 0 aromatic rings. The van der Waals surface area contributed by atoms with Gasteiger partial charge in [0.1, 0.15) is 0 Å². The molecule has 1 N–H and O–H groups in total. The van der Waals surface area contributed by atoms with Crippen LogP contribution in [0.4, 0.5) is 4.79 Å². The van der Waals surface area contributed by atoms with Crippen molar-refractivity contribution < 1.29 is 19.4 Å². The third kappa shape index (κ3) is 5.24. The summed E-state index contributed by atoms with van der Waals surface area (Å²) in [5.74, 6) is -0.899. The number of nitrogens with zero attached hydrogens (tertiary/aromatic N) is 1. The van der Waals surface area contributed by atoms with E-state index in [1.807, 2.05) is 6.92 Å². The fourth-order valence-electron chi connectivity index (χ4n) is 1.34. The zero-order valence-electron chi connectivity index (χ0n) is 9.52. The van der Waals surface area contributed by atoms with Gasteiger partial charge in [0.15, 0.2) is 0 Å². The standard InChI is InChI=1S/C10H19NO4/c1-4-6-8(7-9(12)13)11(3)10(14)15-5-2/h8H,4-7H2,1-3H3,(H,12,13). The SMILES string of the molecule is CCCC(CC(=O)O)N(C)C(=O)OCC. The Morgan fingerprint density at radius 3 is 2.40 bits per heavy atom. The van der Waals surface area contributed by atoms with Crippen molar-refractivity contribution in [3.05, 3.63) is 0 Å². The minimum Gasteiger partial charge on any atom is -0.481 e. The van der Waals surface area contributed by atoms with Crippen molar-refractivity contribution in [2.24, 2.45) is 0 Å². The monoisotopic (exact) mass is 217 g/mol. The van der Waals surface area contributed by atoms with Crippen LogP contribution in [0.3, 0.4) is 0 Å². The molecule has 0 fully saturated rings. The fraction of sp³-hybridized carbons (Fsp3) is 0.800. The van der Waals surface area contributed by atoms with Crippen molar-refractivity contribution >= 4 is 12.1 Å². The number of aliphatic carboxylic acids is 1. The lowest BCUT2D eigenvalue weighted by Crippen LogP contribution is -2.38. The van der Waals surface area contributed by atoms with Gasteiger partial charge in [0.25, 0.3) is 0 Å². The molecule has 0 aliphatic heterocycles. The average Bonchev–Trinajstić information content (AvgIpc) is 2.16. The maximum absolute atomic E-state index is 11.4. The van der Waals surface area contributed by atoms with Crippen LogP contribution in [-0.2, 0) is 9.53 Å². The van der Waals surface area contributed by atoms with E-state index in [9.17, 15) is 9.59 Å². The minimum atomic E-state index is -0.899. The Morgan fingerprint density at radius 2 is 2.00 bits per heavy atom. The topological polar surface area (TPSA) is 66.8 Å². The first-order chi connectivity index (χ1) is 7.02. The number of ether oxygens (including phenoxy) is 1. The molecule has 0 radical (unpaired) electrons. The molecule has 5 heteroatoms. The molecule has 0 rings (SSSR count). The summed E-state index contributed by atoms with van der Waals surface area (Å²) in [4.78, 5) is 23.3. The molecular formula is C10H19NO4. The maximum Gasteiger partial charge on any atom is 0.409 e. The third-order valence-corrected chi connectivity index (χ3v) is 2.14. The molecule has 0 saturated carbocycles. The van der Waals surface area contributed by atoms with Crippen LogP contribution in [0.5, 0.6) is 0 Å². The van der Waals surface area contributed by atoms with Gasteiger partial charge in [-0.3, -0.25) is 4.79 Å². The van der Waals surface area contributed by atoms with E-state index in [2.05, 4.69) is 0 Å². The van der Waals surface area contributed by atoms with Crippen LogP contribution >= 0.6 is 0 Å². The fourth-order valence-corrected chi connectivity index (χ4v) is 1.34. The van der Waals surface area contributed by atoms with Crippen molar-refractivity contribution in [2.75, 3.05) is 13.7 Å². The first-order valence-corrected chi connectivity index (χ1v) is 5.14. The Morgan fingerprint density at radius 1 is 1.40 bits per heavy atom. The normalized spacial score (nSPS) is 11.9. The predicted octanol–water partition coefficient (Wildman–Crippen LogP) is 1.72. The highest BCUT2D eigenvalue weighted by Gasteiger charge is 2.22. The molecule has 5 nitrogen and oxygen atoms in total. The van der Waals surface area contributed by atoms with E-state index < -0.39 is 12.1 Å². The molecule has 0 aromatic heterocycles. The quantitative estimate of drug-likeness (QED) is 0.735. The Kier molecular flexibility index (Phi) is 6.49. The number of rotatable bonds is 6. The first kappa shape index (κ1) is 13.7. The smallest absolute Gasteiger partial charge is 0.409 e. The summed E-state index contributed by atoms with van der Waals surface area (Å²) >= 11 is 0. The summed E-state index contributed by atoms with van der Waals surface area (Å²) in [6, 6.07) is -0.286. The van der Waals surface area contributed by atoms with E-state index in [1.165, 1.54) is 4.90 Å². The zero-order chi connectivity index (χ0) is 11.8. The van der Waals surface area contributed by atoms with E-state index in [1.54, 1.807) is 14.0 Å². The Labute approximate surface area is 90.0 Å². The third-order valence-electron chi connectivity index (χ3n) is 2.14. The van der Waals surface area contributed by atoms with Gasteiger partial charge in [-0.2, -0.15) is 0 Å². The van der Waals surface area contributed by atoms with Crippen LogP contribution in [0.2, 0.25) is 0 Å². The Balaban J connectivity index is 4.32. The number of hydrogen-bond acceptors (Lipinski definition) is 3. The van der Waals surface area contributed by atoms with Gasteiger partial charge in [-0.25, -0.2) is 4.79 Å². The lowest BCUT2D eigenvalue weighted by atomic mass is 10.1. The van der Waals surface area contributed by atoms with Crippen LogP contribution in [0.15, 0.2) is 0 Å². The van der Waals surface area contributed by atoms with Crippen LogP contribution in [-0.4, -0.2) is 41.8 Å². The maximum atomic E-state index is 11.4. The molecule has 1 amide bonds. The number of carbonyl (C=O) groups is 2. The molecule has 0 aromatic carbocycles. The molecule has 0 saturated heterocycles. The number of carboxylic acid groups (broad SMARTS) is 1. The second-order valence-electron chi connectivity index (χ2n) is 3.35. The highest BCUT2D eigenvalue weighted by atomic mass is 16.6. The van der Waals surface area contributed by atoms with Crippen LogP contribution in [0.1, 0.15) is 33.1 Å².